The molecule has 2 N–H and O–H groups in total. The van der Waals surface area contributed by atoms with Gasteiger partial charge in [-0.2, -0.15) is 0 Å². The van der Waals surface area contributed by atoms with Crippen LogP contribution in [0, 0.1) is 0 Å². The Balaban J connectivity index is 2.69. The van der Waals surface area contributed by atoms with E-state index in [1.54, 1.807) is 0 Å². The molecule has 0 radical (unpaired) electrons. The predicted molar refractivity (Wildman–Crippen MR) is 72.2 cm³/mol. The third kappa shape index (κ3) is 3.81. The van der Waals surface area contributed by atoms with Gasteiger partial charge in [-0.3, -0.25) is 4.90 Å². The summed E-state index contributed by atoms with van der Waals surface area (Å²) in [4.78, 5) is 2.39. The second kappa shape index (κ2) is 6.16. The number of anilines is 1. The van der Waals surface area contributed by atoms with Crippen molar-refractivity contribution in [2.75, 3.05) is 12.3 Å². The molecule has 0 saturated carbocycles. The van der Waals surface area contributed by atoms with Crippen molar-refractivity contribution in [1.29, 1.82) is 0 Å². The van der Waals surface area contributed by atoms with Crippen LogP contribution in [0.2, 0.25) is 0 Å². The summed E-state index contributed by atoms with van der Waals surface area (Å²) in [5, 5.41) is 11.8. The maximum absolute atomic E-state index is 5.86. The molecule has 0 saturated heterocycles. The highest BCUT2D eigenvalue weighted by Crippen LogP contribution is 2.16. The van der Waals surface area contributed by atoms with E-state index in [-0.39, 0.29) is 0 Å². The van der Waals surface area contributed by atoms with E-state index >= 15 is 0 Å². The van der Waals surface area contributed by atoms with Gasteiger partial charge in [0.15, 0.2) is 0 Å². The molecular formula is C11H21N5S. The van der Waals surface area contributed by atoms with Gasteiger partial charge in [0.25, 0.3) is 0 Å². The van der Waals surface area contributed by atoms with E-state index < -0.39 is 0 Å². The van der Waals surface area contributed by atoms with Gasteiger partial charge in [-0.15, -0.1) is 22.8 Å². The molecule has 0 spiro atoms. The van der Waals surface area contributed by atoms with Crippen LogP contribution in [-0.2, 0) is 6.42 Å². The molecule has 0 amide bonds. The Hall–Kier alpha value is -0.880. The summed E-state index contributed by atoms with van der Waals surface area (Å²) in [5.74, 6) is 0. The van der Waals surface area contributed by atoms with Gasteiger partial charge in [0, 0.05) is 25.0 Å². The van der Waals surface area contributed by atoms with Gasteiger partial charge < -0.3 is 5.73 Å². The number of nitrogens with two attached hydrogens (primary N) is 1. The first-order valence-corrected chi connectivity index (χ1v) is 6.30. The van der Waals surface area contributed by atoms with Gasteiger partial charge in [-0.25, -0.2) is 0 Å². The number of nitrogens with zero attached hydrogens (tertiary/aromatic N) is 4. The van der Waals surface area contributed by atoms with Gasteiger partial charge in [0.05, 0.1) is 11.4 Å². The average molecular weight is 255 g/mol. The number of rotatable bonds is 5. The Bertz CT molecular complexity index is 359. The highest BCUT2D eigenvalue weighted by atomic mass is 32.1. The Labute approximate surface area is 108 Å². The van der Waals surface area contributed by atoms with Crippen LogP contribution < -0.4 is 5.73 Å². The van der Waals surface area contributed by atoms with Crippen LogP contribution in [0.15, 0.2) is 5.03 Å². The molecule has 0 unspecified atom stereocenters. The second-order valence-electron chi connectivity index (χ2n) is 4.65. The first kappa shape index (κ1) is 14.2. The number of aromatic nitrogens is 3. The summed E-state index contributed by atoms with van der Waals surface area (Å²) in [6.07, 6.45) is 0.769. The van der Waals surface area contributed by atoms with Crippen LogP contribution in [0.25, 0.3) is 0 Å². The number of thiol groups is 1. The highest BCUT2D eigenvalue weighted by molar-refractivity contribution is 7.80. The minimum absolute atomic E-state index is 0.454. The van der Waals surface area contributed by atoms with Crippen molar-refractivity contribution < 1.29 is 0 Å². The SMILES string of the molecule is CC(C)N(CCc1nnnc(S)c1N)C(C)C. The van der Waals surface area contributed by atoms with Crippen LogP contribution in [0.3, 0.4) is 0 Å². The van der Waals surface area contributed by atoms with E-state index in [1.165, 1.54) is 0 Å². The van der Waals surface area contributed by atoms with E-state index in [2.05, 4.69) is 60.6 Å². The Morgan fingerprint density at radius 1 is 1.18 bits per heavy atom. The lowest BCUT2D eigenvalue weighted by molar-refractivity contribution is 0.177. The molecule has 6 heteroatoms. The Kier molecular flexibility index (Phi) is 5.14. The summed E-state index contributed by atoms with van der Waals surface area (Å²) in [5.41, 5.74) is 7.17. The van der Waals surface area contributed by atoms with Gasteiger partial charge >= 0.3 is 0 Å². The summed E-state index contributed by atoms with van der Waals surface area (Å²) in [6, 6.07) is 1.00. The van der Waals surface area contributed by atoms with Crippen molar-refractivity contribution in [1.82, 2.24) is 20.3 Å². The van der Waals surface area contributed by atoms with Gasteiger partial charge in [0.1, 0.15) is 5.03 Å². The van der Waals surface area contributed by atoms with Crippen LogP contribution in [0.4, 0.5) is 5.69 Å². The van der Waals surface area contributed by atoms with E-state index in [1.807, 2.05) is 0 Å². The molecule has 96 valence electrons. The maximum Gasteiger partial charge on any atom is 0.142 e. The summed E-state index contributed by atoms with van der Waals surface area (Å²) in [6.45, 7) is 9.65. The lowest BCUT2D eigenvalue weighted by Gasteiger charge is -2.30. The smallest absolute Gasteiger partial charge is 0.142 e. The number of nitrogen functional groups attached to an aromatic ring is 1. The van der Waals surface area contributed by atoms with Crippen molar-refractivity contribution in [2.24, 2.45) is 0 Å². The molecular weight excluding hydrogens is 234 g/mol. The van der Waals surface area contributed by atoms with Crippen LogP contribution in [0.5, 0.6) is 0 Å². The fraction of sp³-hybridized carbons (Fsp3) is 0.727. The molecule has 0 aliphatic rings. The fourth-order valence-corrected chi connectivity index (χ4v) is 2.06. The normalized spacial score (nSPS) is 11.8. The highest BCUT2D eigenvalue weighted by Gasteiger charge is 2.15. The Morgan fingerprint density at radius 3 is 2.29 bits per heavy atom. The van der Waals surface area contributed by atoms with Crippen molar-refractivity contribution in [3.05, 3.63) is 5.69 Å². The third-order valence-electron chi connectivity index (χ3n) is 2.79. The molecule has 1 rings (SSSR count). The lowest BCUT2D eigenvalue weighted by atomic mass is 10.2. The summed E-state index contributed by atoms with van der Waals surface area (Å²) >= 11 is 4.14. The second-order valence-corrected chi connectivity index (χ2v) is 5.07. The number of hydrogen-bond acceptors (Lipinski definition) is 6. The molecule has 0 bridgehead atoms. The zero-order valence-corrected chi connectivity index (χ0v) is 11.8. The molecule has 1 aromatic rings. The minimum atomic E-state index is 0.454. The molecule has 0 aliphatic carbocycles. The maximum atomic E-state index is 5.86. The zero-order valence-electron chi connectivity index (χ0n) is 10.9. The average Bonchev–Trinajstić information content (AvgIpc) is 2.23. The summed E-state index contributed by atoms with van der Waals surface area (Å²) < 4.78 is 0. The van der Waals surface area contributed by atoms with E-state index in [4.69, 9.17) is 5.73 Å². The van der Waals surface area contributed by atoms with Crippen LogP contribution in [-0.4, -0.2) is 38.9 Å². The van der Waals surface area contributed by atoms with Crippen molar-refractivity contribution >= 4 is 18.3 Å². The molecule has 0 aliphatic heterocycles. The van der Waals surface area contributed by atoms with Crippen LogP contribution in [0.1, 0.15) is 33.4 Å². The van der Waals surface area contributed by atoms with E-state index in [0.717, 1.165) is 18.7 Å². The van der Waals surface area contributed by atoms with Crippen LogP contribution >= 0.6 is 12.6 Å². The topological polar surface area (TPSA) is 67.9 Å². The lowest BCUT2D eigenvalue weighted by Crippen LogP contribution is -2.38. The van der Waals surface area contributed by atoms with E-state index in [0.29, 0.717) is 22.8 Å². The largest absolute Gasteiger partial charge is 0.395 e. The van der Waals surface area contributed by atoms with Gasteiger partial charge in [0.2, 0.25) is 0 Å². The van der Waals surface area contributed by atoms with Crippen molar-refractivity contribution in [2.45, 2.75) is 51.2 Å². The quantitative estimate of drug-likeness (QED) is 0.779. The van der Waals surface area contributed by atoms with Gasteiger partial charge in [-0.1, -0.05) is 0 Å². The van der Waals surface area contributed by atoms with Crippen molar-refractivity contribution in [3.8, 4) is 0 Å². The molecule has 1 aromatic heterocycles. The zero-order chi connectivity index (χ0) is 13.0. The third-order valence-corrected chi connectivity index (χ3v) is 3.12. The first-order valence-electron chi connectivity index (χ1n) is 5.86. The summed E-state index contributed by atoms with van der Waals surface area (Å²) in [7, 11) is 0. The van der Waals surface area contributed by atoms with Gasteiger partial charge in [-0.05, 0) is 32.9 Å². The molecule has 0 atom stereocenters. The fourth-order valence-electron chi connectivity index (χ4n) is 1.89. The monoisotopic (exact) mass is 255 g/mol. The first-order chi connectivity index (χ1) is 7.93. The Morgan fingerprint density at radius 2 is 1.76 bits per heavy atom. The van der Waals surface area contributed by atoms with Crippen molar-refractivity contribution in [3.63, 3.8) is 0 Å². The molecule has 0 fully saturated rings. The molecule has 17 heavy (non-hydrogen) atoms. The predicted octanol–water partition coefficient (Wildman–Crippen LogP) is 1.40. The molecule has 1 heterocycles. The minimum Gasteiger partial charge on any atom is -0.395 e. The van der Waals surface area contributed by atoms with E-state index in [9.17, 15) is 0 Å². The number of hydrogen-bond donors (Lipinski definition) is 2. The standard InChI is InChI=1S/C11H21N5S/c1-7(2)16(8(3)4)6-5-9-10(12)11(17)14-15-13-9/h7-8H,5-6H2,1-4H3,(H2,12,15)(H,13,14,17). The molecule has 5 nitrogen and oxygen atoms in total. The molecule has 0 aromatic carbocycles.